The van der Waals surface area contributed by atoms with Gasteiger partial charge in [0.25, 0.3) is 5.71 Å². The SMILES string of the molecule is CCCN(CCC)CCNC(=O)C1CCN(c2ncnc3onc(C)c23)CC1. The van der Waals surface area contributed by atoms with E-state index in [2.05, 4.69) is 44.1 Å². The fourth-order valence-electron chi connectivity index (χ4n) is 3.95. The summed E-state index contributed by atoms with van der Waals surface area (Å²) in [5, 5.41) is 8.01. The number of carbonyl (C=O) groups is 1. The van der Waals surface area contributed by atoms with Crippen LogP contribution in [0.3, 0.4) is 0 Å². The Kier molecular flexibility index (Phi) is 7.19. The molecule has 1 N–H and O–H groups in total. The molecule has 0 spiro atoms. The van der Waals surface area contributed by atoms with Crippen molar-refractivity contribution in [3.63, 3.8) is 0 Å². The van der Waals surface area contributed by atoms with E-state index in [0.29, 0.717) is 5.71 Å². The molecule has 3 rings (SSSR count). The third-order valence-corrected chi connectivity index (χ3v) is 5.40. The Morgan fingerprint density at radius 1 is 1.21 bits per heavy atom. The number of nitrogens with zero attached hydrogens (tertiary/aromatic N) is 5. The van der Waals surface area contributed by atoms with Gasteiger partial charge in [-0.1, -0.05) is 19.0 Å². The number of rotatable bonds is 9. The van der Waals surface area contributed by atoms with Gasteiger partial charge in [-0.05, 0) is 45.7 Å². The lowest BCUT2D eigenvalue weighted by Crippen LogP contribution is -2.43. The Hall–Kier alpha value is -2.22. The van der Waals surface area contributed by atoms with E-state index in [1.807, 2.05) is 6.92 Å². The number of nitrogens with one attached hydrogen (secondary N) is 1. The molecule has 2 aromatic heterocycles. The van der Waals surface area contributed by atoms with Gasteiger partial charge < -0.3 is 19.6 Å². The van der Waals surface area contributed by atoms with Crippen molar-refractivity contribution in [2.75, 3.05) is 44.2 Å². The monoisotopic (exact) mass is 388 g/mol. The molecule has 1 aliphatic heterocycles. The summed E-state index contributed by atoms with van der Waals surface area (Å²) in [6.45, 7) is 11.7. The van der Waals surface area contributed by atoms with E-state index in [-0.39, 0.29) is 11.8 Å². The van der Waals surface area contributed by atoms with Crippen LogP contribution in [0.1, 0.15) is 45.2 Å². The van der Waals surface area contributed by atoms with Crippen molar-refractivity contribution >= 4 is 22.8 Å². The van der Waals surface area contributed by atoms with Crippen molar-refractivity contribution in [3.8, 4) is 0 Å². The third kappa shape index (κ3) is 4.79. The fourth-order valence-corrected chi connectivity index (χ4v) is 3.95. The number of aryl methyl sites for hydroxylation is 1. The summed E-state index contributed by atoms with van der Waals surface area (Å²) in [6, 6.07) is 0. The lowest BCUT2D eigenvalue weighted by Gasteiger charge is -2.32. The van der Waals surface area contributed by atoms with Crippen LogP contribution >= 0.6 is 0 Å². The molecular formula is C20H32N6O2. The van der Waals surface area contributed by atoms with E-state index in [1.165, 1.54) is 6.33 Å². The molecule has 0 aromatic carbocycles. The molecule has 28 heavy (non-hydrogen) atoms. The minimum atomic E-state index is 0.0722. The molecular weight excluding hydrogens is 356 g/mol. The third-order valence-electron chi connectivity index (χ3n) is 5.40. The average molecular weight is 389 g/mol. The number of aromatic nitrogens is 3. The van der Waals surface area contributed by atoms with Gasteiger partial charge in [-0.25, -0.2) is 4.98 Å². The summed E-state index contributed by atoms with van der Waals surface area (Å²) < 4.78 is 5.24. The van der Waals surface area contributed by atoms with Crippen LogP contribution in [0.4, 0.5) is 5.82 Å². The maximum Gasteiger partial charge on any atom is 0.263 e. The minimum absolute atomic E-state index is 0.0722. The van der Waals surface area contributed by atoms with Crippen molar-refractivity contribution in [1.29, 1.82) is 0 Å². The number of carbonyl (C=O) groups excluding carboxylic acids is 1. The van der Waals surface area contributed by atoms with Crippen LogP contribution in [-0.4, -0.2) is 65.2 Å². The highest BCUT2D eigenvalue weighted by Gasteiger charge is 2.27. The summed E-state index contributed by atoms with van der Waals surface area (Å²) >= 11 is 0. The molecule has 154 valence electrons. The smallest absolute Gasteiger partial charge is 0.263 e. The number of hydrogen-bond acceptors (Lipinski definition) is 7. The molecule has 1 amide bonds. The largest absolute Gasteiger partial charge is 0.356 e. The Morgan fingerprint density at radius 3 is 2.61 bits per heavy atom. The molecule has 0 saturated carbocycles. The summed E-state index contributed by atoms with van der Waals surface area (Å²) in [6.07, 6.45) is 5.47. The Balaban J connectivity index is 1.49. The molecule has 3 heterocycles. The number of hydrogen-bond donors (Lipinski definition) is 1. The predicted molar refractivity (Wildman–Crippen MR) is 109 cm³/mol. The zero-order valence-electron chi connectivity index (χ0n) is 17.3. The van der Waals surface area contributed by atoms with Gasteiger partial charge in [0.15, 0.2) is 0 Å². The first-order chi connectivity index (χ1) is 13.6. The van der Waals surface area contributed by atoms with E-state index in [1.54, 1.807) is 0 Å². The van der Waals surface area contributed by atoms with Crippen LogP contribution in [0, 0.1) is 12.8 Å². The molecule has 0 atom stereocenters. The quantitative estimate of drug-likeness (QED) is 0.705. The highest BCUT2D eigenvalue weighted by Crippen LogP contribution is 2.29. The van der Waals surface area contributed by atoms with Gasteiger partial charge in [-0.3, -0.25) is 4.79 Å². The lowest BCUT2D eigenvalue weighted by atomic mass is 9.95. The van der Waals surface area contributed by atoms with E-state index in [9.17, 15) is 4.79 Å². The van der Waals surface area contributed by atoms with Gasteiger partial charge in [0, 0.05) is 32.1 Å². The number of piperidine rings is 1. The fraction of sp³-hybridized carbons (Fsp3) is 0.700. The Bertz CT molecular complexity index is 763. The van der Waals surface area contributed by atoms with Gasteiger partial charge in [0.1, 0.15) is 17.5 Å². The first-order valence-corrected chi connectivity index (χ1v) is 10.5. The van der Waals surface area contributed by atoms with Gasteiger partial charge in [-0.2, -0.15) is 4.98 Å². The van der Waals surface area contributed by atoms with Gasteiger partial charge >= 0.3 is 0 Å². The standard InChI is InChI=1S/C20H32N6O2/c1-4-9-25(10-5-2)13-8-21-19(27)16-6-11-26(12-7-16)18-17-15(3)24-28-20(17)23-14-22-18/h14,16H,4-13H2,1-3H3,(H,21,27). The first-order valence-electron chi connectivity index (χ1n) is 10.5. The van der Waals surface area contributed by atoms with E-state index in [4.69, 9.17) is 4.52 Å². The maximum atomic E-state index is 12.6. The minimum Gasteiger partial charge on any atom is -0.356 e. The highest BCUT2D eigenvalue weighted by atomic mass is 16.5. The second kappa shape index (κ2) is 9.82. The Morgan fingerprint density at radius 2 is 1.93 bits per heavy atom. The van der Waals surface area contributed by atoms with Crippen LogP contribution in [0.25, 0.3) is 11.1 Å². The van der Waals surface area contributed by atoms with Crippen LogP contribution < -0.4 is 10.2 Å². The predicted octanol–water partition coefficient (Wildman–Crippen LogP) is 2.38. The van der Waals surface area contributed by atoms with Crippen molar-refractivity contribution in [3.05, 3.63) is 12.0 Å². The van der Waals surface area contributed by atoms with Crippen LogP contribution in [0.2, 0.25) is 0 Å². The van der Waals surface area contributed by atoms with Crippen LogP contribution in [0.5, 0.6) is 0 Å². The lowest BCUT2D eigenvalue weighted by molar-refractivity contribution is -0.125. The molecule has 0 radical (unpaired) electrons. The first kappa shape index (κ1) is 20.5. The second-order valence-electron chi connectivity index (χ2n) is 7.54. The van der Waals surface area contributed by atoms with Crippen molar-refractivity contribution < 1.29 is 9.32 Å². The number of anilines is 1. The van der Waals surface area contributed by atoms with Crippen molar-refractivity contribution in [1.82, 2.24) is 25.3 Å². The molecule has 1 fully saturated rings. The molecule has 0 unspecified atom stereocenters. The van der Waals surface area contributed by atoms with Gasteiger partial charge in [0.2, 0.25) is 5.91 Å². The van der Waals surface area contributed by atoms with Crippen LogP contribution in [0.15, 0.2) is 10.9 Å². The molecule has 1 aliphatic rings. The topological polar surface area (TPSA) is 87.4 Å². The molecule has 2 aromatic rings. The summed E-state index contributed by atoms with van der Waals surface area (Å²) in [5.41, 5.74) is 1.32. The molecule has 8 nitrogen and oxygen atoms in total. The normalized spacial score (nSPS) is 15.5. The Labute approximate surface area is 166 Å². The molecule has 1 saturated heterocycles. The van der Waals surface area contributed by atoms with Gasteiger partial charge in [0.05, 0.1) is 5.69 Å². The van der Waals surface area contributed by atoms with E-state index >= 15 is 0 Å². The number of fused-ring (bicyclic) bond motifs is 1. The molecule has 0 bridgehead atoms. The molecule has 0 aliphatic carbocycles. The summed E-state index contributed by atoms with van der Waals surface area (Å²) in [4.78, 5) is 25.8. The van der Waals surface area contributed by atoms with Crippen molar-refractivity contribution in [2.24, 2.45) is 5.92 Å². The van der Waals surface area contributed by atoms with Crippen molar-refractivity contribution in [2.45, 2.75) is 46.5 Å². The molecule has 8 heteroatoms. The van der Waals surface area contributed by atoms with Gasteiger partial charge in [-0.15, -0.1) is 0 Å². The highest BCUT2D eigenvalue weighted by molar-refractivity contribution is 5.88. The average Bonchev–Trinajstić information content (AvgIpc) is 3.09. The zero-order valence-corrected chi connectivity index (χ0v) is 17.3. The van der Waals surface area contributed by atoms with E-state index < -0.39 is 0 Å². The number of amides is 1. The summed E-state index contributed by atoms with van der Waals surface area (Å²) in [5.74, 6) is 1.11. The summed E-state index contributed by atoms with van der Waals surface area (Å²) in [7, 11) is 0. The van der Waals surface area contributed by atoms with E-state index in [0.717, 1.165) is 81.8 Å². The zero-order chi connectivity index (χ0) is 19.9. The second-order valence-corrected chi connectivity index (χ2v) is 7.54. The maximum absolute atomic E-state index is 12.6. The van der Waals surface area contributed by atoms with Crippen LogP contribution in [-0.2, 0) is 4.79 Å².